The van der Waals surface area contributed by atoms with Crippen LogP contribution in [0.15, 0.2) is 22.9 Å². The van der Waals surface area contributed by atoms with E-state index in [-0.39, 0.29) is 5.91 Å². The molecule has 0 bridgehead atoms. The molecule has 0 radical (unpaired) electrons. The molecule has 2 aromatic heterocycles. The second-order valence-corrected chi connectivity index (χ2v) is 6.22. The van der Waals surface area contributed by atoms with Crippen LogP contribution in [0.25, 0.3) is 0 Å². The zero-order valence-electron chi connectivity index (χ0n) is 13.8. The smallest absolute Gasteiger partial charge is 0.259 e. The number of aryl methyl sites for hydroxylation is 2. The molecule has 6 nitrogen and oxygen atoms in total. The number of hydrogen-bond donors (Lipinski definition) is 1. The summed E-state index contributed by atoms with van der Waals surface area (Å²) in [5.41, 5.74) is 1.12. The lowest BCUT2D eigenvalue weighted by molar-refractivity contribution is 0.102. The van der Waals surface area contributed by atoms with Gasteiger partial charge in [0.05, 0.1) is 23.6 Å². The highest BCUT2D eigenvalue weighted by molar-refractivity contribution is 6.04. The molecule has 1 aliphatic rings. The predicted octanol–water partition coefficient (Wildman–Crippen LogP) is 3.18. The molecule has 0 saturated carbocycles. The molecule has 1 fully saturated rings. The summed E-state index contributed by atoms with van der Waals surface area (Å²) in [4.78, 5) is 23.2. The maximum absolute atomic E-state index is 12.2. The van der Waals surface area contributed by atoms with E-state index >= 15 is 0 Å². The quantitative estimate of drug-likeness (QED) is 0.942. The minimum Gasteiger partial charge on any atom is -0.466 e. The summed E-state index contributed by atoms with van der Waals surface area (Å²) in [6.07, 6.45) is 5.64. The molecule has 0 atom stereocenters. The van der Waals surface area contributed by atoms with Gasteiger partial charge in [-0.05, 0) is 38.7 Å². The van der Waals surface area contributed by atoms with Gasteiger partial charge in [-0.15, -0.1) is 0 Å². The number of amides is 1. The lowest BCUT2D eigenvalue weighted by atomic mass is 10.00. The Kier molecular flexibility index (Phi) is 4.32. The number of piperidine rings is 1. The number of furan rings is 1. The number of anilines is 2. The van der Waals surface area contributed by atoms with Crippen LogP contribution in [0, 0.1) is 19.8 Å². The summed E-state index contributed by atoms with van der Waals surface area (Å²) in [6, 6.07) is 1.73. The van der Waals surface area contributed by atoms with Crippen LogP contribution >= 0.6 is 0 Å². The largest absolute Gasteiger partial charge is 0.466 e. The average molecular weight is 314 g/mol. The van der Waals surface area contributed by atoms with Crippen LogP contribution in [0.4, 0.5) is 11.6 Å². The molecule has 1 saturated heterocycles. The Morgan fingerprint density at radius 2 is 1.91 bits per heavy atom. The highest BCUT2D eigenvalue weighted by Crippen LogP contribution is 2.21. The third-order valence-electron chi connectivity index (χ3n) is 4.25. The van der Waals surface area contributed by atoms with Gasteiger partial charge < -0.3 is 14.6 Å². The number of nitrogens with zero attached hydrogens (tertiary/aromatic N) is 3. The molecule has 0 aromatic carbocycles. The normalized spacial score (nSPS) is 15.7. The van der Waals surface area contributed by atoms with Crippen molar-refractivity contribution in [2.24, 2.45) is 5.92 Å². The molecule has 2 aromatic rings. The molecule has 3 rings (SSSR count). The first-order valence-corrected chi connectivity index (χ1v) is 7.98. The van der Waals surface area contributed by atoms with Crippen molar-refractivity contribution in [1.29, 1.82) is 0 Å². The van der Waals surface area contributed by atoms with Crippen molar-refractivity contribution in [1.82, 2.24) is 9.97 Å². The fourth-order valence-electron chi connectivity index (χ4n) is 2.81. The third-order valence-corrected chi connectivity index (χ3v) is 4.25. The van der Waals surface area contributed by atoms with Crippen LogP contribution in [0.1, 0.15) is 41.6 Å². The van der Waals surface area contributed by atoms with Gasteiger partial charge in [0.25, 0.3) is 5.91 Å². The molecule has 1 N–H and O–H groups in total. The summed E-state index contributed by atoms with van der Waals surface area (Å²) in [5, 5.41) is 2.81. The molecule has 6 heteroatoms. The first kappa shape index (κ1) is 15.5. The van der Waals surface area contributed by atoms with E-state index in [1.54, 1.807) is 25.4 Å². The fraction of sp³-hybridized carbons (Fsp3) is 0.471. The lowest BCUT2D eigenvalue weighted by Gasteiger charge is -2.30. The van der Waals surface area contributed by atoms with Crippen molar-refractivity contribution in [3.05, 3.63) is 35.5 Å². The van der Waals surface area contributed by atoms with Gasteiger partial charge >= 0.3 is 0 Å². The summed E-state index contributed by atoms with van der Waals surface area (Å²) < 4.78 is 5.38. The number of hydrogen-bond acceptors (Lipinski definition) is 5. The average Bonchev–Trinajstić information content (AvgIpc) is 2.88. The zero-order chi connectivity index (χ0) is 16.4. The highest BCUT2D eigenvalue weighted by atomic mass is 16.3. The minimum atomic E-state index is -0.206. The van der Waals surface area contributed by atoms with Gasteiger partial charge in [0, 0.05) is 13.1 Å². The zero-order valence-corrected chi connectivity index (χ0v) is 13.8. The van der Waals surface area contributed by atoms with E-state index in [2.05, 4.69) is 27.1 Å². The van der Waals surface area contributed by atoms with E-state index in [0.29, 0.717) is 17.0 Å². The molecular formula is C17H22N4O2. The Bertz CT molecular complexity index is 685. The molecule has 23 heavy (non-hydrogen) atoms. The van der Waals surface area contributed by atoms with Gasteiger partial charge in [-0.2, -0.15) is 0 Å². The van der Waals surface area contributed by atoms with Crippen molar-refractivity contribution in [3.8, 4) is 0 Å². The van der Waals surface area contributed by atoms with Crippen LogP contribution in [-0.2, 0) is 0 Å². The Hall–Kier alpha value is -2.37. The van der Waals surface area contributed by atoms with Gasteiger partial charge in [-0.1, -0.05) is 6.92 Å². The van der Waals surface area contributed by atoms with Crippen molar-refractivity contribution in [3.63, 3.8) is 0 Å². The Labute approximate surface area is 135 Å². The summed E-state index contributed by atoms with van der Waals surface area (Å²) >= 11 is 0. The summed E-state index contributed by atoms with van der Waals surface area (Å²) in [7, 11) is 0. The predicted molar refractivity (Wildman–Crippen MR) is 88.8 cm³/mol. The van der Waals surface area contributed by atoms with Crippen molar-refractivity contribution in [2.45, 2.75) is 33.6 Å². The van der Waals surface area contributed by atoms with Gasteiger partial charge in [-0.25, -0.2) is 9.97 Å². The molecule has 0 aliphatic carbocycles. The molecular weight excluding hydrogens is 292 g/mol. The van der Waals surface area contributed by atoms with Gasteiger partial charge in [0.1, 0.15) is 11.5 Å². The molecule has 0 spiro atoms. The number of nitrogens with one attached hydrogen (secondary N) is 1. The Morgan fingerprint density at radius 1 is 1.26 bits per heavy atom. The fourth-order valence-corrected chi connectivity index (χ4v) is 2.81. The van der Waals surface area contributed by atoms with Crippen LogP contribution < -0.4 is 10.2 Å². The first-order chi connectivity index (χ1) is 11.0. The number of carbonyl (C=O) groups is 1. The third kappa shape index (κ3) is 3.52. The number of aromatic nitrogens is 2. The van der Waals surface area contributed by atoms with E-state index in [4.69, 9.17) is 4.42 Å². The first-order valence-electron chi connectivity index (χ1n) is 7.98. The van der Waals surface area contributed by atoms with Gasteiger partial charge in [-0.3, -0.25) is 4.79 Å². The van der Waals surface area contributed by atoms with Crippen LogP contribution in [0.2, 0.25) is 0 Å². The minimum absolute atomic E-state index is 0.206. The van der Waals surface area contributed by atoms with E-state index in [1.807, 2.05) is 6.92 Å². The lowest BCUT2D eigenvalue weighted by Crippen LogP contribution is -2.34. The van der Waals surface area contributed by atoms with Crippen LogP contribution in [0.3, 0.4) is 0 Å². The SMILES string of the molecule is Cc1cc(C(=O)Nc2cnc(N3CCC(C)CC3)nc2)c(C)o1. The summed E-state index contributed by atoms with van der Waals surface area (Å²) in [6.45, 7) is 7.84. The van der Waals surface area contributed by atoms with Crippen molar-refractivity contribution in [2.75, 3.05) is 23.3 Å². The topological polar surface area (TPSA) is 71.3 Å². The maximum Gasteiger partial charge on any atom is 0.259 e. The van der Waals surface area contributed by atoms with E-state index in [1.165, 1.54) is 12.8 Å². The van der Waals surface area contributed by atoms with Crippen LogP contribution in [-0.4, -0.2) is 29.0 Å². The summed E-state index contributed by atoms with van der Waals surface area (Å²) in [5.74, 6) is 2.62. The Balaban J connectivity index is 1.65. The van der Waals surface area contributed by atoms with Crippen LogP contribution in [0.5, 0.6) is 0 Å². The van der Waals surface area contributed by atoms with E-state index in [0.717, 1.165) is 30.7 Å². The maximum atomic E-state index is 12.2. The van der Waals surface area contributed by atoms with Crippen molar-refractivity contribution >= 4 is 17.5 Å². The monoisotopic (exact) mass is 314 g/mol. The standard InChI is InChI=1S/C17H22N4O2/c1-11-4-6-21(7-5-11)17-18-9-14(10-19-17)20-16(22)15-8-12(2)23-13(15)3/h8-11H,4-7H2,1-3H3,(H,20,22). The molecule has 122 valence electrons. The number of carbonyl (C=O) groups excluding carboxylic acids is 1. The molecule has 1 amide bonds. The van der Waals surface area contributed by atoms with Gasteiger partial charge in [0.2, 0.25) is 5.95 Å². The van der Waals surface area contributed by atoms with Gasteiger partial charge in [0.15, 0.2) is 0 Å². The second kappa shape index (κ2) is 6.40. The Morgan fingerprint density at radius 3 is 2.48 bits per heavy atom. The van der Waals surface area contributed by atoms with E-state index in [9.17, 15) is 4.79 Å². The molecule has 3 heterocycles. The second-order valence-electron chi connectivity index (χ2n) is 6.22. The number of rotatable bonds is 3. The molecule has 0 unspecified atom stereocenters. The van der Waals surface area contributed by atoms with E-state index < -0.39 is 0 Å². The van der Waals surface area contributed by atoms with Crippen molar-refractivity contribution < 1.29 is 9.21 Å². The molecule has 1 aliphatic heterocycles. The highest BCUT2D eigenvalue weighted by Gasteiger charge is 2.18.